The second kappa shape index (κ2) is 5.21. The van der Waals surface area contributed by atoms with Crippen molar-refractivity contribution in [3.63, 3.8) is 0 Å². The van der Waals surface area contributed by atoms with Crippen LogP contribution in [0.5, 0.6) is 0 Å². The van der Waals surface area contributed by atoms with Gasteiger partial charge in [-0.15, -0.1) is 0 Å². The van der Waals surface area contributed by atoms with E-state index >= 15 is 0 Å². The number of alkyl halides is 3. The van der Waals surface area contributed by atoms with Crippen molar-refractivity contribution in [1.82, 2.24) is 0 Å². The second-order valence-electron chi connectivity index (χ2n) is 3.97. The molecule has 0 saturated carbocycles. The largest absolute Gasteiger partial charge is 0.481 e. The summed E-state index contributed by atoms with van der Waals surface area (Å²) in [5.74, 6) is -1.38. The Labute approximate surface area is 97.1 Å². The molecule has 0 radical (unpaired) electrons. The monoisotopic (exact) mass is 246 g/mol. The summed E-state index contributed by atoms with van der Waals surface area (Å²) in [5, 5.41) is 8.66. The Balaban J connectivity index is 2.60. The minimum absolute atomic E-state index is 0.417. The quantitative estimate of drug-likeness (QED) is 0.884. The summed E-state index contributed by atoms with van der Waals surface area (Å²) in [7, 11) is 0. The van der Waals surface area contributed by atoms with Gasteiger partial charge in [0.1, 0.15) is 0 Å². The lowest BCUT2D eigenvalue weighted by Gasteiger charge is -2.08. The fourth-order valence-corrected chi connectivity index (χ4v) is 1.37. The van der Waals surface area contributed by atoms with Gasteiger partial charge < -0.3 is 5.11 Å². The van der Waals surface area contributed by atoms with E-state index in [0.717, 1.165) is 12.1 Å². The molecule has 17 heavy (non-hydrogen) atoms. The van der Waals surface area contributed by atoms with Crippen LogP contribution in [0.25, 0.3) is 0 Å². The molecule has 0 bridgehead atoms. The van der Waals surface area contributed by atoms with Crippen molar-refractivity contribution in [1.29, 1.82) is 0 Å². The first-order valence-electron chi connectivity index (χ1n) is 5.19. The van der Waals surface area contributed by atoms with Gasteiger partial charge in [-0.05, 0) is 30.5 Å². The molecule has 2 nitrogen and oxygen atoms in total. The van der Waals surface area contributed by atoms with Crippen molar-refractivity contribution in [2.75, 3.05) is 0 Å². The van der Waals surface area contributed by atoms with Crippen LogP contribution in [0.15, 0.2) is 24.3 Å². The van der Waals surface area contributed by atoms with Crippen LogP contribution in [-0.4, -0.2) is 11.1 Å². The highest BCUT2D eigenvalue weighted by atomic mass is 19.4. The van der Waals surface area contributed by atoms with Crippen LogP contribution in [-0.2, 0) is 17.4 Å². The van der Waals surface area contributed by atoms with Gasteiger partial charge in [-0.1, -0.05) is 19.1 Å². The van der Waals surface area contributed by atoms with Crippen LogP contribution in [0.2, 0.25) is 0 Å². The Kier molecular flexibility index (Phi) is 4.15. The fraction of sp³-hybridized carbons (Fsp3) is 0.417. The predicted octanol–water partition coefficient (Wildman–Crippen LogP) is 3.36. The molecule has 1 N–H and O–H groups in total. The maximum atomic E-state index is 12.3. The number of carboxylic acids is 1. The molecule has 0 amide bonds. The van der Waals surface area contributed by atoms with Crippen molar-refractivity contribution in [2.45, 2.75) is 25.9 Å². The molecule has 0 saturated heterocycles. The molecule has 0 fully saturated rings. The van der Waals surface area contributed by atoms with Crippen LogP contribution in [0.3, 0.4) is 0 Å². The van der Waals surface area contributed by atoms with Crippen LogP contribution in [0.4, 0.5) is 13.2 Å². The number of rotatable bonds is 4. The van der Waals surface area contributed by atoms with E-state index in [2.05, 4.69) is 0 Å². The van der Waals surface area contributed by atoms with Gasteiger partial charge in [-0.3, -0.25) is 4.79 Å². The molecule has 1 aromatic carbocycles. The Bertz CT molecular complexity index is 382. The maximum Gasteiger partial charge on any atom is 0.416 e. The fourth-order valence-electron chi connectivity index (χ4n) is 1.37. The molecule has 5 heteroatoms. The van der Waals surface area contributed by atoms with E-state index in [1.165, 1.54) is 12.1 Å². The first-order valence-corrected chi connectivity index (χ1v) is 5.19. The van der Waals surface area contributed by atoms with E-state index in [1.807, 2.05) is 0 Å². The summed E-state index contributed by atoms with van der Waals surface area (Å²) >= 11 is 0. The van der Waals surface area contributed by atoms with Gasteiger partial charge in [0.25, 0.3) is 0 Å². The average Bonchev–Trinajstić information content (AvgIpc) is 2.25. The predicted molar refractivity (Wildman–Crippen MR) is 56.6 cm³/mol. The average molecular weight is 246 g/mol. The first-order chi connectivity index (χ1) is 7.80. The first kappa shape index (κ1) is 13.5. The normalized spacial score (nSPS) is 13.4. The highest BCUT2D eigenvalue weighted by Gasteiger charge is 2.29. The number of carboxylic acid groups (broad SMARTS) is 1. The minimum Gasteiger partial charge on any atom is -0.481 e. The number of halogens is 3. The molecule has 0 spiro atoms. The zero-order valence-corrected chi connectivity index (χ0v) is 9.29. The third-order valence-electron chi connectivity index (χ3n) is 2.57. The van der Waals surface area contributed by atoms with Gasteiger partial charge in [0, 0.05) is 0 Å². The third kappa shape index (κ3) is 4.09. The van der Waals surface area contributed by atoms with Crippen molar-refractivity contribution < 1.29 is 23.1 Å². The number of hydrogen-bond acceptors (Lipinski definition) is 1. The summed E-state index contributed by atoms with van der Waals surface area (Å²) in [6.07, 6.45) is -3.45. The van der Waals surface area contributed by atoms with Crippen LogP contribution in [0.1, 0.15) is 24.5 Å². The van der Waals surface area contributed by atoms with Gasteiger partial charge >= 0.3 is 12.1 Å². The molecule has 0 heterocycles. The second-order valence-corrected chi connectivity index (χ2v) is 3.97. The Morgan fingerprint density at radius 3 is 2.24 bits per heavy atom. The summed E-state index contributed by atoms with van der Waals surface area (Å²) < 4.78 is 36.8. The summed E-state index contributed by atoms with van der Waals surface area (Å²) in [5.41, 5.74) is 0.0265. The highest BCUT2D eigenvalue weighted by Crippen LogP contribution is 2.29. The number of aliphatic carboxylic acids is 1. The van der Waals surface area contributed by atoms with Gasteiger partial charge in [0.15, 0.2) is 0 Å². The van der Waals surface area contributed by atoms with Crippen LogP contribution in [0, 0.1) is 5.92 Å². The minimum atomic E-state index is -4.33. The van der Waals surface area contributed by atoms with Gasteiger partial charge in [-0.2, -0.15) is 13.2 Å². The molecule has 0 aromatic heterocycles. The molecule has 1 atom stereocenters. The van der Waals surface area contributed by atoms with Crippen LogP contribution < -0.4 is 0 Å². The van der Waals surface area contributed by atoms with E-state index in [1.54, 1.807) is 6.92 Å². The smallest absolute Gasteiger partial charge is 0.416 e. The standard InChI is InChI=1S/C12H13F3O2/c1-8(11(16)17)2-3-9-4-6-10(7-5-9)12(13,14)15/h4-8H,2-3H2,1H3,(H,16,17). The van der Waals surface area contributed by atoms with E-state index in [0.29, 0.717) is 18.4 Å². The Morgan fingerprint density at radius 1 is 1.29 bits per heavy atom. The van der Waals surface area contributed by atoms with Gasteiger partial charge in [-0.25, -0.2) is 0 Å². The lowest BCUT2D eigenvalue weighted by molar-refractivity contribution is -0.141. The van der Waals surface area contributed by atoms with E-state index in [9.17, 15) is 18.0 Å². The van der Waals surface area contributed by atoms with Crippen molar-refractivity contribution in [3.8, 4) is 0 Å². The molecule has 94 valence electrons. The summed E-state index contributed by atoms with van der Waals surface area (Å²) in [4.78, 5) is 10.6. The number of carbonyl (C=O) groups is 1. The van der Waals surface area contributed by atoms with Crippen molar-refractivity contribution >= 4 is 5.97 Å². The SMILES string of the molecule is CC(CCc1ccc(C(F)(F)F)cc1)C(=O)O. The molecule has 1 unspecified atom stereocenters. The van der Waals surface area contributed by atoms with E-state index in [-0.39, 0.29) is 0 Å². The lowest BCUT2D eigenvalue weighted by Crippen LogP contribution is -2.10. The number of benzene rings is 1. The molecule has 0 aliphatic carbocycles. The maximum absolute atomic E-state index is 12.3. The van der Waals surface area contributed by atoms with Gasteiger partial charge in [0.05, 0.1) is 11.5 Å². The summed E-state index contributed by atoms with van der Waals surface area (Å²) in [6, 6.07) is 4.80. The van der Waals surface area contributed by atoms with E-state index < -0.39 is 23.6 Å². The van der Waals surface area contributed by atoms with Crippen molar-refractivity contribution in [3.05, 3.63) is 35.4 Å². The molecule has 0 aliphatic heterocycles. The Hall–Kier alpha value is -1.52. The van der Waals surface area contributed by atoms with Gasteiger partial charge in [0.2, 0.25) is 0 Å². The number of aryl methyl sites for hydroxylation is 1. The van der Waals surface area contributed by atoms with Crippen LogP contribution >= 0.6 is 0 Å². The number of hydrogen-bond donors (Lipinski definition) is 1. The highest BCUT2D eigenvalue weighted by molar-refractivity contribution is 5.69. The molecule has 0 aliphatic rings. The molecular formula is C12H13F3O2. The van der Waals surface area contributed by atoms with Crippen molar-refractivity contribution in [2.24, 2.45) is 5.92 Å². The molecule has 1 rings (SSSR count). The summed E-state index contributed by atoms with van der Waals surface area (Å²) in [6.45, 7) is 1.58. The Morgan fingerprint density at radius 2 is 1.82 bits per heavy atom. The van der Waals surface area contributed by atoms with E-state index in [4.69, 9.17) is 5.11 Å². The topological polar surface area (TPSA) is 37.3 Å². The zero-order chi connectivity index (χ0) is 13.1. The lowest BCUT2D eigenvalue weighted by atomic mass is 10.0. The molecular weight excluding hydrogens is 233 g/mol. The third-order valence-corrected chi connectivity index (χ3v) is 2.57. The molecule has 1 aromatic rings. The zero-order valence-electron chi connectivity index (χ0n) is 9.29.